The molecule has 0 aliphatic carbocycles. The van der Waals surface area contributed by atoms with Gasteiger partial charge in [-0.25, -0.2) is 0 Å². The molecule has 4 heteroatoms. The first kappa shape index (κ1) is 15.8. The zero-order valence-electron chi connectivity index (χ0n) is 13.1. The largest absolute Gasteiger partial charge is 0.494 e. The molecule has 1 fully saturated rings. The van der Waals surface area contributed by atoms with Crippen molar-refractivity contribution in [2.24, 2.45) is 5.92 Å². The number of benzene rings is 1. The average molecular weight is 290 g/mol. The van der Waals surface area contributed by atoms with Gasteiger partial charge in [0.25, 0.3) is 0 Å². The van der Waals surface area contributed by atoms with E-state index < -0.39 is 0 Å². The Morgan fingerprint density at radius 1 is 1.29 bits per heavy atom. The fraction of sp³-hybridized carbons (Fsp3) is 0.588. The molecule has 1 aromatic carbocycles. The number of piperidine rings is 1. The second-order valence-electron chi connectivity index (χ2n) is 5.88. The Kier molecular flexibility index (Phi) is 6.05. The third-order valence-electron chi connectivity index (χ3n) is 3.85. The van der Waals surface area contributed by atoms with Crippen LogP contribution in [0.2, 0.25) is 0 Å². The van der Waals surface area contributed by atoms with Gasteiger partial charge in [-0.2, -0.15) is 0 Å². The van der Waals surface area contributed by atoms with Crippen LogP contribution < -0.4 is 10.1 Å². The van der Waals surface area contributed by atoms with E-state index in [0.29, 0.717) is 6.54 Å². The van der Waals surface area contributed by atoms with E-state index in [4.69, 9.17) is 4.74 Å². The van der Waals surface area contributed by atoms with E-state index in [-0.39, 0.29) is 5.91 Å². The second-order valence-corrected chi connectivity index (χ2v) is 5.88. The third kappa shape index (κ3) is 5.38. The third-order valence-corrected chi connectivity index (χ3v) is 3.85. The van der Waals surface area contributed by atoms with Crippen LogP contribution in [0.25, 0.3) is 0 Å². The lowest BCUT2D eigenvalue weighted by Crippen LogP contribution is -2.38. The lowest BCUT2D eigenvalue weighted by molar-refractivity contribution is -0.117. The Morgan fingerprint density at radius 2 is 1.95 bits per heavy atom. The summed E-state index contributed by atoms with van der Waals surface area (Å²) in [6, 6.07) is 7.57. The number of anilines is 1. The highest BCUT2D eigenvalue weighted by Gasteiger charge is 2.17. The first-order chi connectivity index (χ1) is 10.2. The Balaban J connectivity index is 1.77. The van der Waals surface area contributed by atoms with Gasteiger partial charge in [-0.05, 0) is 62.5 Å². The minimum absolute atomic E-state index is 0.0618. The highest BCUT2D eigenvalue weighted by molar-refractivity contribution is 5.92. The molecule has 1 saturated heterocycles. The van der Waals surface area contributed by atoms with Crippen LogP contribution in [0.1, 0.15) is 33.1 Å². The maximum absolute atomic E-state index is 12.0. The Morgan fingerprint density at radius 3 is 2.57 bits per heavy atom. The standard InChI is InChI=1S/C17H26N2O2/c1-3-12-21-16-6-4-15(5-7-16)18-17(20)13-19-10-8-14(2)9-11-19/h4-7,14H,3,8-13H2,1-2H3,(H,18,20). The maximum atomic E-state index is 12.0. The van der Waals surface area contributed by atoms with Crippen molar-refractivity contribution in [3.8, 4) is 5.75 Å². The molecule has 0 saturated carbocycles. The first-order valence-corrected chi connectivity index (χ1v) is 7.92. The van der Waals surface area contributed by atoms with E-state index in [1.165, 1.54) is 12.8 Å². The SMILES string of the molecule is CCCOc1ccc(NC(=O)CN2CCC(C)CC2)cc1. The molecular formula is C17H26N2O2. The van der Waals surface area contributed by atoms with Gasteiger partial charge in [-0.1, -0.05) is 13.8 Å². The molecule has 0 bridgehead atoms. The topological polar surface area (TPSA) is 41.6 Å². The number of amides is 1. The van der Waals surface area contributed by atoms with Crippen molar-refractivity contribution < 1.29 is 9.53 Å². The number of carbonyl (C=O) groups is 1. The molecule has 1 aliphatic rings. The predicted octanol–water partition coefficient (Wildman–Crippen LogP) is 3.15. The van der Waals surface area contributed by atoms with Crippen molar-refractivity contribution in [2.45, 2.75) is 33.1 Å². The molecule has 0 unspecified atom stereocenters. The summed E-state index contributed by atoms with van der Waals surface area (Å²) in [6.45, 7) is 7.62. The lowest BCUT2D eigenvalue weighted by atomic mass is 9.99. The molecule has 0 radical (unpaired) electrons. The smallest absolute Gasteiger partial charge is 0.238 e. The van der Waals surface area contributed by atoms with Gasteiger partial charge < -0.3 is 10.1 Å². The van der Waals surface area contributed by atoms with Crippen molar-refractivity contribution in [3.05, 3.63) is 24.3 Å². The number of ether oxygens (including phenoxy) is 1. The van der Waals surface area contributed by atoms with Crippen LogP contribution in [0.4, 0.5) is 5.69 Å². The summed E-state index contributed by atoms with van der Waals surface area (Å²) in [6.07, 6.45) is 3.38. The van der Waals surface area contributed by atoms with Gasteiger partial charge in [-0.15, -0.1) is 0 Å². The lowest BCUT2D eigenvalue weighted by Gasteiger charge is -2.29. The number of carbonyl (C=O) groups excluding carboxylic acids is 1. The average Bonchev–Trinajstić information content (AvgIpc) is 2.49. The van der Waals surface area contributed by atoms with Gasteiger partial charge in [0.05, 0.1) is 13.2 Å². The fourth-order valence-electron chi connectivity index (χ4n) is 2.48. The molecular weight excluding hydrogens is 264 g/mol. The van der Waals surface area contributed by atoms with Gasteiger partial charge in [0.2, 0.25) is 5.91 Å². The summed E-state index contributed by atoms with van der Waals surface area (Å²) in [5.41, 5.74) is 0.828. The number of hydrogen-bond donors (Lipinski definition) is 1. The molecule has 1 aliphatic heterocycles. The van der Waals surface area contributed by atoms with E-state index in [0.717, 1.165) is 43.5 Å². The van der Waals surface area contributed by atoms with E-state index in [1.54, 1.807) is 0 Å². The van der Waals surface area contributed by atoms with Crippen LogP contribution >= 0.6 is 0 Å². The van der Waals surface area contributed by atoms with Crippen LogP contribution in [0, 0.1) is 5.92 Å². The number of hydrogen-bond acceptors (Lipinski definition) is 3. The molecule has 21 heavy (non-hydrogen) atoms. The first-order valence-electron chi connectivity index (χ1n) is 7.92. The van der Waals surface area contributed by atoms with E-state index in [2.05, 4.69) is 24.1 Å². The van der Waals surface area contributed by atoms with Crippen LogP contribution in [0.15, 0.2) is 24.3 Å². The van der Waals surface area contributed by atoms with Gasteiger partial charge >= 0.3 is 0 Å². The number of likely N-dealkylation sites (tertiary alicyclic amines) is 1. The molecule has 0 aromatic heterocycles. The molecule has 1 N–H and O–H groups in total. The van der Waals surface area contributed by atoms with E-state index in [9.17, 15) is 4.79 Å². The summed E-state index contributed by atoms with van der Waals surface area (Å²) in [7, 11) is 0. The summed E-state index contributed by atoms with van der Waals surface area (Å²) >= 11 is 0. The van der Waals surface area contributed by atoms with Crippen LogP contribution in [-0.2, 0) is 4.79 Å². The highest BCUT2D eigenvalue weighted by atomic mass is 16.5. The fourth-order valence-corrected chi connectivity index (χ4v) is 2.48. The Labute approximate surface area is 127 Å². The Bertz CT molecular complexity index is 437. The van der Waals surface area contributed by atoms with E-state index in [1.807, 2.05) is 24.3 Å². The van der Waals surface area contributed by atoms with Gasteiger partial charge in [0.1, 0.15) is 5.75 Å². The normalized spacial score (nSPS) is 16.7. The quantitative estimate of drug-likeness (QED) is 0.875. The van der Waals surface area contributed by atoms with Crippen LogP contribution in [-0.4, -0.2) is 37.0 Å². The van der Waals surface area contributed by atoms with Crippen molar-refractivity contribution in [1.29, 1.82) is 0 Å². The van der Waals surface area contributed by atoms with Crippen molar-refractivity contribution in [3.63, 3.8) is 0 Å². The van der Waals surface area contributed by atoms with Crippen LogP contribution in [0.3, 0.4) is 0 Å². The Hall–Kier alpha value is -1.55. The highest BCUT2D eigenvalue weighted by Crippen LogP contribution is 2.17. The minimum atomic E-state index is 0.0618. The molecule has 0 atom stereocenters. The van der Waals surface area contributed by atoms with Crippen molar-refractivity contribution >= 4 is 11.6 Å². The van der Waals surface area contributed by atoms with E-state index >= 15 is 0 Å². The summed E-state index contributed by atoms with van der Waals surface area (Å²) < 4.78 is 5.53. The van der Waals surface area contributed by atoms with Crippen molar-refractivity contribution in [1.82, 2.24) is 4.90 Å². The molecule has 0 spiro atoms. The number of rotatable bonds is 6. The zero-order chi connectivity index (χ0) is 15.1. The molecule has 4 nitrogen and oxygen atoms in total. The summed E-state index contributed by atoms with van der Waals surface area (Å²) in [5.74, 6) is 1.70. The maximum Gasteiger partial charge on any atom is 0.238 e. The van der Waals surface area contributed by atoms with Crippen LogP contribution in [0.5, 0.6) is 5.75 Å². The molecule has 1 amide bonds. The second kappa shape index (κ2) is 8.03. The predicted molar refractivity (Wildman–Crippen MR) is 85.7 cm³/mol. The molecule has 2 rings (SSSR count). The van der Waals surface area contributed by atoms with Crippen molar-refractivity contribution in [2.75, 3.05) is 31.6 Å². The van der Waals surface area contributed by atoms with Gasteiger partial charge in [0, 0.05) is 5.69 Å². The van der Waals surface area contributed by atoms with Gasteiger partial charge in [0.15, 0.2) is 0 Å². The number of nitrogens with zero attached hydrogens (tertiary/aromatic N) is 1. The number of nitrogens with one attached hydrogen (secondary N) is 1. The molecule has 1 heterocycles. The van der Waals surface area contributed by atoms with Gasteiger partial charge in [-0.3, -0.25) is 9.69 Å². The monoisotopic (exact) mass is 290 g/mol. The zero-order valence-corrected chi connectivity index (χ0v) is 13.1. The molecule has 1 aromatic rings. The molecule has 116 valence electrons. The summed E-state index contributed by atoms with van der Waals surface area (Å²) in [5, 5.41) is 2.95. The minimum Gasteiger partial charge on any atom is -0.494 e. The summed E-state index contributed by atoms with van der Waals surface area (Å²) in [4.78, 5) is 14.3.